The number of nitrogens with zero attached hydrogens (tertiary/aromatic N) is 3. The van der Waals surface area contributed by atoms with Gasteiger partial charge in [-0.3, -0.25) is 9.59 Å². The Morgan fingerprint density at radius 3 is 2.86 bits per heavy atom. The third-order valence-electron chi connectivity index (χ3n) is 3.90. The van der Waals surface area contributed by atoms with Gasteiger partial charge in [0, 0.05) is 18.9 Å². The Morgan fingerprint density at radius 2 is 2.14 bits per heavy atom. The fraction of sp³-hybridized carbons (Fsp3) is 0.400. The Bertz CT molecular complexity index is 754. The fourth-order valence-corrected chi connectivity index (χ4v) is 2.56. The first-order valence-electron chi connectivity index (χ1n) is 7.07. The van der Waals surface area contributed by atoms with Gasteiger partial charge in [-0.2, -0.15) is 0 Å². The summed E-state index contributed by atoms with van der Waals surface area (Å²) in [5, 5.41) is 0. The zero-order valence-electron chi connectivity index (χ0n) is 12.6. The highest BCUT2D eigenvalue weighted by Crippen LogP contribution is 2.19. The standard InChI is InChI=1S/C15H18N4O3/c1-10-3-4-12-17-11(8-19(12)7-10)13(20)18-5-6-22-15(2,9-18)14(16)21/h3-4,7-8H,5-6,9H2,1-2H3,(H2,16,21). The van der Waals surface area contributed by atoms with Crippen LogP contribution in [-0.4, -0.2) is 51.4 Å². The summed E-state index contributed by atoms with van der Waals surface area (Å²) < 4.78 is 7.24. The number of hydrogen-bond donors (Lipinski definition) is 1. The first kappa shape index (κ1) is 14.5. The lowest BCUT2D eigenvalue weighted by Crippen LogP contribution is -2.58. The van der Waals surface area contributed by atoms with Gasteiger partial charge in [0.05, 0.1) is 13.2 Å². The third kappa shape index (κ3) is 2.43. The van der Waals surface area contributed by atoms with Crippen LogP contribution in [0.25, 0.3) is 5.65 Å². The molecule has 0 bridgehead atoms. The molecule has 1 aliphatic heterocycles. The molecule has 0 spiro atoms. The van der Waals surface area contributed by atoms with Crippen LogP contribution in [0.3, 0.4) is 0 Å². The van der Waals surface area contributed by atoms with Crippen molar-refractivity contribution in [2.75, 3.05) is 19.7 Å². The minimum atomic E-state index is -1.15. The molecular weight excluding hydrogens is 284 g/mol. The van der Waals surface area contributed by atoms with Crippen molar-refractivity contribution >= 4 is 17.5 Å². The van der Waals surface area contributed by atoms with E-state index in [9.17, 15) is 9.59 Å². The molecule has 1 unspecified atom stereocenters. The largest absolute Gasteiger partial charge is 0.367 e. The minimum absolute atomic E-state index is 0.133. The van der Waals surface area contributed by atoms with Crippen LogP contribution in [0.2, 0.25) is 0 Å². The number of carbonyl (C=O) groups is 2. The Balaban J connectivity index is 1.87. The molecule has 0 saturated carbocycles. The molecule has 22 heavy (non-hydrogen) atoms. The number of fused-ring (bicyclic) bond motifs is 1. The van der Waals surface area contributed by atoms with Gasteiger partial charge in [-0.1, -0.05) is 6.07 Å². The summed E-state index contributed by atoms with van der Waals surface area (Å²) in [5.74, 6) is -0.798. The average molecular weight is 302 g/mol. The van der Waals surface area contributed by atoms with Crippen molar-refractivity contribution in [1.82, 2.24) is 14.3 Å². The lowest BCUT2D eigenvalue weighted by molar-refractivity contribution is -0.150. The number of nitrogens with two attached hydrogens (primary N) is 1. The van der Waals surface area contributed by atoms with Crippen LogP contribution < -0.4 is 5.73 Å². The van der Waals surface area contributed by atoms with Crippen molar-refractivity contribution in [3.05, 3.63) is 35.8 Å². The van der Waals surface area contributed by atoms with E-state index >= 15 is 0 Å². The van der Waals surface area contributed by atoms with Gasteiger partial charge >= 0.3 is 0 Å². The monoisotopic (exact) mass is 302 g/mol. The number of amides is 2. The number of hydrogen-bond acceptors (Lipinski definition) is 4. The van der Waals surface area contributed by atoms with Gasteiger partial charge in [0.25, 0.3) is 11.8 Å². The summed E-state index contributed by atoms with van der Waals surface area (Å²) in [4.78, 5) is 30.0. The second-order valence-electron chi connectivity index (χ2n) is 5.77. The van der Waals surface area contributed by atoms with Crippen molar-refractivity contribution in [2.45, 2.75) is 19.4 Å². The van der Waals surface area contributed by atoms with Gasteiger partial charge in [-0.05, 0) is 25.5 Å². The normalized spacial score (nSPS) is 22.0. The van der Waals surface area contributed by atoms with Crippen molar-refractivity contribution < 1.29 is 14.3 Å². The quantitative estimate of drug-likeness (QED) is 0.867. The summed E-state index contributed by atoms with van der Waals surface area (Å²) in [6, 6.07) is 3.80. The molecule has 0 aliphatic carbocycles. The van der Waals surface area contributed by atoms with Gasteiger partial charge in [0.2, 0.25) is 0 Å². The molecule has 2 aromatic heterocycles. The fourth-order valence-electron chi connectivity index (χ4n) is 2.56. The number of pyridine rings is 1. The molecule has 2 aromatic rings. The number of carbonyl (C=O) groups excluding carboxylic acids is 2. The number of aryl methyl sites for hydroxylation is 1. The highest BCUT2D eigenvalue weighted by atomic mass is 16.5. The predicted octanol–water partition coefficient (Wildman–Crippen LogP) is 0.359. The minimum Gasteiger partial charge on any atom is -0.367 e. The number of ether oxygens (including phenoxy) is 1. The molecule has 116 valence electrons. The van der Waals surface area contributed by atoms with Gasteiger partial charge in [-0.25, -0.2) is 4.98 Å². The number of morpholine rings is 1. The highest BCUT2D eigenvalue weighted by Gasteiger charge is 2.39. The second kappa shape index (κ2) is 5.10. The molecule has 0 aromatic carbocycles. The van der Waals surface area contributed by atoms with Crippen LogP contribution in [0.5, 0.6) is 0 Å². The number of aromatic nitrogens is 2. The van der Waals surface area contributed by atoms with Crippen LogP contribution in [0, 0.1) is 6.92 Å². The zero-order valence-corrected chi connectivity index (χ0v) is 12.6. The van der Waals surface area contributed by atoms with Crippen LogP contribution in [0.4, 0.5) is 0 Å². The van der Waals surface area contributed by atoms with E-state index < -0.39 is 11.5 Å². The van der Waals surface area contributed by atoms with E-state index in [0.29, 0.717) is 17.9 Å². The van der Waals surface area contributed by atoms with E-state index in [-0.39, 0.29) is 19.1 Å². The molecule has 1 saturated heterocycles. The van der Waals surface area contributed by atoms with E-state index in [1.165, 1.54) is 0 Å². The third-order valence-corrected chi connectivity index (χ3v) is 3.90. The van der Waals surface area contributed by atoms with Crippen LogP contribution >= 0.6 is 0 Å². The van der Waals surface area contributed by atoms with Crippen molar-refractivity contribution in [3.8, 4) is 0 Å². The van der Waals surface area contributed by atoms with Crippen LogP contribution in [0.15, 0.2) is 24.5 Å². The average Bonchev–Trinajstić information content (AvgIpc) is 2.89. The molecule has 0 radical (unpaired) electrons. The molecule has 7 nitrogen and oxygen atoms in total. The number of rotatable bonds is 2. The Labute approximate surface area is 127 Å². The molecule has 7 heteroatoms. The molecule has 1 aliphatic rings. The molecular formula is C15H18N4O3. The summed E-state index contributed by atoms with van der Waals surface area (Å²) in [7, 11) is 0. The molecule has 2 amide bonds. The Hall–Kier alpha value is -2.41. The lowest BCUT2D eigenvalue weighted by Gasteiger charge is -2.37. The van der Waals surface area contributed by atoms with Gasteiger partial charge < -0.3 is 19.8 Å². The Morgan fingerprint density at radius 1 is 1.36 bits per heavy atom. The van der Waals surface area contributed by atoms with Crippen LogP contribution in [-0.2, 0) is 9.53 Å². The SMILES string of the molecule is Cc1ccc2nc(C(=O)N3CCOC(C)(C(N)=O)C3)cn2c1. The van der Waals surface area contributed by atoms with Gasteiger partial charge in [0.1, 0.15) is 11.3 Å². The van der Waals surface area contributed by atoms with Crippen molar-refractivity contribution in [1.29, 1.82) is 0 Å². The number of imidazole rings is 1. The summed E-state index contributed by atoms with van der Waals surface area (Å²) in [5.41, 5.74) is 6.34. The molecule has 2 N–H and O–H groups in total. The second-order valence-corrected chi connectivity index (χ2v) is 5.77. The summed E-state index contributed by atoms with van der Waals surface area (Å²) in [6.07, 6.45) is 3.60. The maximum absolute atomic E-state index is 12.6. The predicted molar refractivity (Wildman–Crippen MR) is 79.4 cm³/mol. The lowest BCUT2D eigenvalue weighted by atomic mass is 10.0. The summed E-state index contributed by atoms with van der Waals surface area (Å²) in [6.45, 7) is 4.39. The van der Waals surface area contributed by atoms with Crippen molar-refractivity contribution in [2.24, 2.45) is 5.73 Å². The first-order valence-corrected chi connectivity index (χ1v) is 7.07. The van der Waals surface area contributed by atoms with Crippen LogP contribution in [0.1, 0.15) is 23.0 Å². The molecule has 1 fully saturated rings. The first-order chi connectivity index (χ1) is 10.4. The van der Waals surface area contributed by atoms with E-state index in [0.717, 1.165) is 5.56 Å². The maximum atomic E-state index is 12.6. The molecule has 3 heterocycles. The van der Waals surface area contributed by atoms with E-state index in [4.69, 9.17) is 10.5 Å². The topological polar surface area (TPSA) is 89.9 Å². The maximum Gasteiger partial charge on any atom is 0.274 e. The highest BCUT2D eigenvalue weighted by molar-refractivity contribution is 5.94. The van der Waals surface area contributed by atoms with Gasteiger partial charge in [0.15, 0.2) is 5.60 Å². The zero-order chi connectivity index (χ0) is 15.9. The van der Waals surface area contributed by atoms with E-state index in [1.807, 2.05) is 29.7 Å². The number of primary amides is 1. The van der Waals surface area contributed by atoms with E-state index in [2.05, 4.69) is 4.98 Å². The Kier molecular flexibility index (Phi) is 3.37. The molecule has 3 rings (SSSR count). The molecule has 1 atom stereocenters. The van der Waals surface area contributed by atoms with E-state index in [1.54, 1.807) is 18.0 Å². The van der Waals surface area contributed by atoms with Crippen molar-refractivity contribution in [3.63, 3.8) is 0 Å². The van der Waals surface area contributed by atoms with Gasteiger partial charge in [-0.15, -0.1) is 0 Å². The summed E-state index contributed by atoms with van der Waals surface area (Å²) >= 11 is 0. The smallest absolute Gasteiger partial charge is 0.274 e.